The molecule has 0 fully saturated rings. The molecule has 0 amide bonds. The molecule has 5 heteroatoms. The summed E-state index contributed by atoms with van der Waals surface area (Å²) in [6.45, 7) is 0. The van der Waals surface area contributed by atoms with Crippen molar-refractivity contribution in [3.05, 3.63) is 95.5 Å². The number of H-pyrrole nitrogens is 1. The number of hydrogen-bond donors (Lipinski definition) is 1. The van der Waals surface area contributed by atoms with Gasteiger partial charge in [0.05, 0.1) is 17.1 Å². The van der Waals surface area contributed by atoms with Crippen LogP contribution in [0.15, 0.2) is 90.1 Å². The monoisotopic (exact) mass is 404 g/mol. The average Bonchev–Trinajstić information content (AvgIpc) is 3.18. The van der Waals surface area contributed by atoms with E-state index in [0.717, 1.165) is 27.7 Å². The third-order valence-corrected chi connectivity index (χ3v) is 5.42. The Kier molecular flexibility index (Phi) is 5.60. The number of rotatable bonds is 6. The molecule has 0 aliphatic carbocycles. The second-order valence-corrected chi connectivity index (χ2v) is 7.62. The summed E-state index contributed by atoms with van der Waals surface area (Å²) in [4.78, 5) is 20.6. The number of benzene rings is 3. The van der Waals surface area contributed by atoms with Gasteiger partial charge in [0.2, 0.25) is 0 Å². The molecule has 1 N–H and O–H groups in total. The summed E-state index contributed by atoms with van der Waals surface area (Å²) in [5.41, 5.74) is 4.58. The van der Waals surface area contributed by atoms with Gasteiger partial charge in [-0.3, -0.25) is 4.79 Å². The number of carbonyl (C=O) groups excluding carboxylic acids is 1. The molecule has 4 rings (SSSR count). The molecular formula is C23H17ClN2OS. The highest BCUT2D eigenvalue weighted by Gasteiger charge is 2.15. The molecule has 0 aliphatic heterocycles. The number of nitrogens with one attached hydrogen (secondary N) is 1. The minimum atomic E-state index is 0.0422. The van der Waals surface area contributed by atoms with Crippen LogP contribution in [0, 0.1) is 0 Å². The van der Waals surface area contributed by atoms with Crippen molar-refractivity contribution in [1.82, 2.24) is 9.97 Å². The summed E-state index contributed by atoms with van der Waals surface area (Å²) in [5, 5.41) is 1.34. The first-order valence-electron chi connectivity index (χ1n) is 8.83. The van der Waals surface area contributed by atoms with Crippen molar-refractivity contribution in [3.8, 4) is 22.5 Å². The first-order valence-corrected chi connectivity index (χ1v) is 10.2. The average molecular weight is 405 g/mol. The fourth-order valence-electron chi connectivity index (χ4n) is 2.89. The lowest BCUT2D eigenvalue weighted by atomic mass is 10.1. The molecule has 1 aromatic heterocycles. The molecular weight excluding hydrogens is 388 g/mol. The second kappa shape index (κ2) is 8.46. The van der Waals surface area contributed by atoms with Gasteiger partial charge in [-0.2, -0.15) is 0 Å². The van der Waals surface area contributed by atoms with Crippen LogP contribution in [-0.2, 0) is 0 Å². The van der Waals surface area contributed by atoms with Crippen LogP contribution in [0.25, 0.3) is 22.5 Å². The largest absolute Gasteiger partial charge is 0.332 e. The molecule has 0 spiro atoms. The van der Waals surface area contributed by atoms with Crippen LogP contribution in [0.4, 0.5) is 0 Å². The van der Waals surface area contributed by atoms with E-state index < -0.39 is 0 Å². The Labute approximate surface area is 172 Å². The molecule has 0 aliphatic rings. The smallest absolute Gasteiger partial charge is 0.173 e. The topological polar surface area (TPSA) is 45.8 Å². The van der Waals surface area contributed by atoms with Crippen LogP contribution in [0.5, 0.6) is 0 Å². The van der Waals surface area contributed by atoms with Gasteiger partial charge in [-0.05, 0) is 24.3 Å². The molecule has 0 saturated heterocycles. The van der Waals surface area contributed by atoms with Crippen molar-refractivity contribution in [1.29, 1.82) is 0 Å². The van der Waals surface area contributed by atoms with Crippen molar-refractivity contribution in [2.45, 2.75) is 5.16 Å². The Balaban J connectivity index is 1.60. The lowest BCUT2D eigenvalue weighted by Crippen LogP contribution is -2.02. The molecule has 0 saturated carbocycles. The van der Waals surface area contributed by atoms with Crippen molar-refractivity contribution in [2.24, 2.45) is 0 Å². The summed E-state index contributed by atoms with van der Waals surface area (Å²) in [7, 11) is 0. The zero-order chi connectivity index (χ0) is 19.3. The number of ketones is 1. The number of aromatic nitrogens is 2. The van der Waals surface area contributed by atoms with Crippen LogP contribution in [0.1, 0.15) is 10.4 Å². The Hall–Kier alpha value is -2.82. The third kappa shape index (κ3) is 4.19. The highest BCUT2D eigenvalue weighted by molar-refractivity contribution is 7.99. The number of imidazole rings is 1. The number of nitrogens with zero attached hydrogens (tertiary/aromatic N) is 1. The van der Waals surface area contributed by atoms with Crippen LogP contribution < -0.4 is 0 Å². The van der Waals surface area contributed by atoms with E-state index in [2.05, 4.69) is 4.98 Å². The van der Waals surface area contributed by atoms with Crippen LogP contribution in [0.2, 0.25) is 5.02 Å². The van der Waals surface area contributed by atoms with Gasteiger partial charge in [-0.1, -0.05) is 84.0 Å². The van der Waals surface area contributed by atoms with Gasteiger partial charge in [-0.25, -0.2) is 4.98 Å². The normalized spacial score (nSPS) is 10.8. The maximum atomic E-state index is 12.5. The molecule has 3 nitrogen and oxygen atoms in total. The van der Waals surface area contributed by atoms with E-state index >= 15 is 0 Å². The predicted octanol–water partition coefficient (Wildman–Crippen LogP) is 6.37. The van der Waals surface area contributed by atoms with Crippen molar-refractivity contribution in [2.75, 3.05) is 5.75 Å². The number of halogens is 1. The maximum Gasteiger partial charge on any atom is 0.173 e. The van der Waals surface area contributed by atoms with E-state index in [0.29, 0.717) is 16.3 Å². The van der Waals surface area contributed by atoms with Gasteiger partial charge >= 0.3 is 0 Å². The highest BCUT2D eigenvalue weighted by atomic mass is 35.5. The second-order valence-electron chi connectivity index (χ2n) is 6.22. The fraction of sp³-hybridized carbons (Fsp3) is 0.0435. The summed E-state index contributed by atoms with van der Waals surface area (Å²) in [6, 6.07) is 27.1. The van der Waals surface area contributed by atoms with Gasteiger partial charge in [0.1, 0.15) is 0 Å². The SMILES string of the molecule is O=C(CSc1nc(-c2ccccc2)c(-c2ccccc2)[nH]1)c1ccc(Cl)cc1. The quantitative estimate of drug-likeness (QED) is 0.300. The van der Waals surface area contributed by atoms with E-state index in [9.17, 15) is 4.79 Å². The molecule has 0 unspecified atom stereocenters. The Morgan fingerprint density at radius 1 is 0.857 bits per heavy atom. The first kappa shape index (κ1) is 18.5. The lowest BCUT2D eigenvalue weighted by Gasteiger charge is -2.02. The Morgan fingerprint density at radius 2 is 1.46 bits per heavy atom. The summed E-state index contributed by atoms with van der Waals surface area (Å²) in [5.74, 6) is 0.345. The molecule has 3 aromatic carbocycles. The fourth-order valence-corrected chi connectivity index (χ4v) is 3.78. The van der Waals surface area contributed by atoms with E-state index in [1.165, 1.54) is 11.8 Å². The molecule has 0 bridgehead atoms. The standard InChI is InChI=1S/C23H17ClN2OS/c24-19-13-11-16(12-14-19)20(27)15-28-23-25-21(17-7-3-1-4-8-17)22(26-23)18-9-5-2-6-10-18/h1-14H,15H2,(H,25,26). The van der Waals surface area contributed by atoms with Gasteiger partial charge in [0, 0.05) is 21.7 Å². The van der Waals surface area contributed by atoms with E-state index in [1.54, 1.807) is 24.3 Å². The molecule has 138 valence electrons. The molecule has 4 aromatic rings. The first-order chi connectivity index (χ1) is 13.7. The van der Waals surface area contributed by atoms with Crippen LogP contribution in [0.3, 0.4) is 0 Å². The van der Waals surface area contributed by atoms with Gasteiger partial charge < -0.3 is 4.98 Å². The summed E-state index contributed by atoms with van der Waals surface area (Å²) in [6.07, 6.45) is 0. The number of hydrogen-bond acceptors (Lipinski definition) is 3. The van der Waals surface area contributed by atoms with E-state index in [4.69, 9.17) is 16.6 Å². The molecule has 28 heavy (non-hydrogen) atoms. The van der Waals surface area contributed by atoms with E-state index in [1.807, 2.05) is 60.7 Å². The van der Waals surface area contributed by atoms with Crippen LogP contribution >= 0.6 is 23.4 Å². The number of carbonyl (C=O) groups is 1. The van der Waals surface area contributed by atoms with Crippen molar-refractivity contribution >= 4 is 29.1 Å². The number of aromatic amines is 1. The minimum absolute atomic E-state index is 0.0422. The number of thioether (sulfide) groups is 1. The van der Waals surface area contributed by atoms with E-state index in [-0.39, 0.29) is 5.78 Å². The van der Waals surface area contributed by atoms with Gasteiger partial charge in [0.15, 0.2) is 10.9 Å². The third-order valence-electron chi connectivity index (χ3n) is 4.30. The van der Waals surface area contributed by atoms with Crippen LogP contribution in [-0.4, -0.2) is 21.5 Å². The lowest BCUT2D eigenvalue weighted by molar-refractivity contribution is 0.102. The molecule has 1 heterocycles. The minimum Gasteiger partial charge on any atom is -0.332 e. The Morgan fingerprint density at radius 3 is 2.11 bits per heavy atom. The van der Waals surface area contributed by atoms with Crippen molar-refractivity contribution in [3.63, 3.8) is 0 Å². The maximum absolute atomic E-state index is 12.5. The van der Waals surface area contributed by atoms with Crippen molar-refractivity contribution < 1.29 is 4.79 Å². The van der Waals surface area contributed by atoms with Gasteiger partial charge in [-0.15, -0.1) is 0 Å². The zero-order valence-corrected chi connectivity index (χ0v) is 16.5. The highest BCUT2D eigenvalue weighted by Crippen LogP contribution is 2.32. The summed E-state index contributed by atoms with van der Waals surface area (Å²) >= 11 is 7.30. The number of Topliss-reactive ketones (excluding diaryl/α,β-unsaturated/α-hetero) is 1. The Bertz CT molecular complexity index is 1020. The predicted molar refractivity (Wildman–Crippen MR) is 116 cm³/mol. The zero-order valence-electron chi connectivity index (χ0n) is 14.9. The summed E-state index contributed by atoms with van der Waals surface area (Å²) < 4.78 is 0. The molecule has 0 radical (unpaired) electrons. The van der Waals surface area contributed by atoms with Gasteiger partial charge in [0.25, 0.3) is 0 Å². The molecule has 0 atom stereocenters.